The molecule has 0 radical (unpaired) electrons. The van der Waals surface area contributed by atoms with Crippen molar-refractivity contribution in [2.24, 2.45) is 0 Å². The van der Waals surface area contributed by atoms with Gasteiger partial charge in [-0.2, -0.15) is 0 Å². The molecule has 0 aromatic rings. The molecule has 0 bridgehead atoms. The van der Waals surface area contributed by atoms with E-state index >= 15 is 0 Å². The van der Waals surface area contributed by atoms with Gasteiger partial charge in [0.05, 0.1) is 0 Å². The van der Waals surface area contributed by atoms with Gasteiger partial charge in [0.1, 0.15) is 0 Å². The summed E-state index contributed by atoms with van der Waals surface area (Å²) in [6.45, 7) is 11.2. The van der Waals surface area contributed by atoms with Gasteiger partial charge in [-0.1, -0.05) is 70.3 Å². The molecular formula is C14H30Si. The zero-order valence-electron chi connectivity index (χ0n) is 11.1. The first kappa shape index (κ1) is 15.0. The highest BCUT2D eigenvalue weighted by molar-refractivity contribution is 6.76. The summed E-state index contributed by atoms with van der Waals surface area (Å²) in [7, 11) is -0.754. The van der Waals surface area contributed by atoms with E-state index in [1.54, 1.807) is 0 Å². The van der Waals surface area contributed by atoms with Crippen LogP contribution in [0.3, 0.4) is 0 Å². The molecule has 0 unspecified atom stereocenters. The average molecular weight is 226 g/mol. The Kier molecular flexibility index (Phi) is 9.18. The Balaban J connectivity index is 3.02. The molecular weight excluding hydrogens is 196 g/mol. The van der Waals surface area contributed by atoms with Crippen LogP contribution >= 0.6 is 0 Å². The van der Waals surface area contributed by atoms with Gasteiger partial charge in [-0.3, -0.25) is 0 Å². The highest BCUT2D eigenvalue weighted by Gasteiger charge is 2.11. The second-order valence-corrected chi connectivity index (χ2v) is 11.5. The third-order valence-electron chi connectivity index (χ3n) is 2.84. The molecule has 0 N–H and O–H groups in total. The van der Waals surface area contributed by atoms with Crippen LogP contribution in [0.25, 0.3) is 0 Å². The molecule has 15 heavy (non-hydrogen) atoms. The summed E-state index contributed by atoms with van der Waals surface area (Å²) in [6, 6.07) is 1.52. The fourth-order valence-corrected chi connectivity index (χ4v) is 3.14. The van der Waals surface area contributed by atoms with E-state index in [0.29, 0.717) is 0 Å². The van der Waals surface area contributed by atoms with Crippen molar-refractivity contribution in [2.75, 3.05) is 0 Å². The van der Waals surface area contributed by atoms with Crippen LogP contribution in [0.5, 0.6) is 0 Å². The predicted molar refractivity (Wildman–Crippen MR) is 75.3 cm³/mol. The van der Waals surface area contributed by atoms with Crippen molar-refractivity contribution in [3.8, 4) is 0 Å². The maximum Gasteiger partial charge on any atom is 0.0442 e. The van der Waals surface area contributed by atoms with Crippen LogP contribution < -0.4 is 0 Å². The van der Waals surface area contributed by atoms with Crippen molar-refractivity contribution in [3.05, 3.63) is 12.7 Å². The van der Waals surface area contributed by atoms with E-state index in [1.807, 2.05) is 6.08 Å². The minimum atomic E-state index is -0.754. The third-order valence-corrected chi connectivity index (χ3v) is 4.69. The summed E-state index contributed by atoms with van der Waals surface area (Å²) in [6.07, 6.45) is 13.3. The molecule has 0 aromatic carbocycles. The molecule has 0 saturated carbocycles. The third kappa shape index (κ3) is 14.0. The summed E-state index contributed by atoms with van der Waals surface area (Å²) in [4.78, 5) is 0. The summed E-state index contributed by atoms with van der Waals surface area (Å²) in [5.74, 6) is 0. The molecule has 0 saturated heterocycles. The standard InChI is InChI=1S/C14H30Si/c1-5-6-7-8-9-10-11-12-13-14-15(2,3)4/h5H,1,6-14H2,2-4H3. The SMILES string of the molecule is C=CCCCCCCCCC[Si](C)(C)C. The molecule has 0 fully saturated rings. The normalized spacial score (nSPS) is 11.7. The van der Waals surface area contributed by atoms with E-state index in [2.05, 4.69) is 26.2 Å². The fraction of sp³-hybridized carbons (Fsp3) is 0.857. The minimum Gasteiger partial charge on any atom is -0.103 e. The van der Waals surface area contributed by atoms with Gasteiger partial charge in [-0.15, -0.1) is 6.58 Å². The minimum absolute atomic E-state index is 0.754. The van der Waals surface area contributed by atoms with Crippen molar-refractivity contribution in [1.29, 1.82) is 0 Å². The van der Waals surface area contributed by atoms with Gasteiger partial charge < -0.3 is 0 Å². The number of rotatable bonds is 10. The Morgan fingerprint density at radius 1 is 0.800 bits per heavy atom. The first-order chi connectivity index (χ1) is 7.06. The van der Waals surface area contributed by atoms with Crippen LogP contribution in [-0.2, 0) is 0 Å². The molecule has 0 spiro atoms. The lowest BCUT2D eigenvalue weighted by atomic mass is 10.1. The Morgan fingerprint density at radius 2 is 1.27 bits per heavy atom. The number of unbranched alkanes of at least 4 members (excludes halogenated alkanes) is 7. The fourth-order valence-electron chi connectivity index (χ4n) is 1.83. The first-order valence-corrected chi connectivity index (χ1v) is 10.4. The highest BCUT2D eigenvalue weighted by Crippen LogP contribution is 2.15. The van der Waals surface area contributed by atoms with Crippen LogP contribution in [0.15, 0.2) is 12.7 Å². The van der Waals surface area contributed by atoms with Crippen molar-refractivity contribution in [2.45, 2.75) is 77.1 Å². The molecule has 0 rings (SSSR count). The lowest BCUT2D eigenvalue weighted by Gasteiger charge is -2.14. The second kappa shape index (κ2) is 9.20. The lowest BCUT2D eigenvalue weighted by Crippen LogP contribution is -2.18. The Bertz CT molecular complexity index is 144. The second-order valence-electron chi connectivity index (χ2n) is 5.86. The zero-order chi connectivity index (χ0) is 11.6. The maximum absolute atomic E-state index is 3.75. The van der Waals surface area contributed by atoms with Gasteiger partial charge in [-0.25, -0.2) is 0 Å². The van der Waals surface area contributed by atoms with Crippen molar-refractivity contribution in [1.82, 2.24) is 0 Å². The number of allylic oxidation sites excluding steroid dienone is 1. The van der Waals surface area contributed by atoms with Crippen LogP contribution in [0.4, 0.5) is 0 Å². The molecule has 0 aliphatic carbocycles. The zero-order valence-corrected chi connectivity index (χ0v) is 12.1. The van der Waals surface area contributed by atoms with Gasteiger partial charge in [0.2, 0.25) is 0 Å². The Morgan fingerprint density at radius 3 is 1.73 bits per heavy atom. The van der Waals surface area contributed by atoms with Crippen LogP contribution in [0, 0.1) is 0 Å². The lowest BCUT2D eigenvalue weighted by molar-refractivity contribution is 0.591. The van der Waals surface area contributed by atoms with Crippen LogP contribution in [0.1, 0.15) is 51.4 Å². The average Bonchev–Trinajstić information content (AvgIpc) is 2.14. The van der Waals surface area contributed by atoms with Crippen molar-refractivity contribution < 1.29 is 0 Å². The largest absolute Gasteiger partial charge is 0.103 e. The Labute approximate surface area is 98.2 Å². The van der Waals surface area contributed by atoms with E-state index in [9.17, 15) is 0 Å². The van der Waals surface area contributed by atoms with Crippen LogP contribution in [-0.4, -0.2) is 8.07 Å². The van der Waals surface area contributed by atoms with Crippen LogP contribution in [0.2, 0.25) is 25.7 Å². The molecule has 90 valence electrons. The molecule has 0 heterocycles. The van der Waals surface area contributed by atoms with E-state index in [4.69, 9.17) is 0 Å². The monoisotopic (exact) mass is 226 g/mol. The Hall–Kier alpha value is -0.0431. The van der Waals surface area contributed by atoms with Gasteiger partial charge in [0.25, 0.3) is 0 Å². The van der Waals surface area contributed by atoms with Gasteiger partial charge in [-0.05, 0) is 12.8 Å². The van der Waals surface area contributed by atoms with Crippen molar-refractivity contribution in [3.63, 3.8) is 0 Å². The van der Waals surface area contributed by atoms with Gasteiger partial charge in [0.15, 0.2) is 0 Å². The topological polar surface area (TPSA) is 0 Å². The van der Waals surface area contributed by atoms with Gasteiger partial charge >= 0.3 is 0 Å². The molecule has 0 aliphatic heterocycles. The maximum atomic E-state index is 3.75. The molecule has 0 atom stereocenters. The quantitative estimate of drug-likeness (QED) is 0.257. The molecule has 1 heteroatoms. The molecule has 0 aliphatic rings. The van der Waals surface area contributed by atoms with E-state index in [1.165, 1.54) is 57.4 Å². The van der Waals surface area contributed by atoms with Crippen molar-refractivity contribution >= 4 is 8.07 Å². The molecule has 0 aromatic heterocycles. The summed E-state index contributed by atoms with van der Waals surface area (Å²) < 4.78 is 0. The summed E-state index contributed by atoms with van der Waals surface area (Å²) in [5.41, 5.74) is 0. The highest BCUT2D eigenvalue weighted by atomic mass is 28.3. The summed E-state index contributed by atoms with van der Waals surface area (Å²) >= 11 is 0. The number of hydrogen-bond donors (Lipinski definition) is 0. The summed E-state index contributed by atoms with van der Waals surface area (Å²) in [5, 5.41) is 0. The van der Waals surface area contributed by atoms with E-state index < -0.39 is 8.07 Å². The predicted octanol–water partition coefficient (Wildman–Crippen LogP) is 5.63. The van der Waals surface area contributed by atoms with Gasteiger partial charge in [0, 0.05) is 8.07 Å². The number of hydrogen-bond acceptors (Lipinski definition) is 0. The molecule has 0 nitrogen and oxygen atoms in total. The van der Waals surface area contributed by atoms with E-state index in [-0.39, 0.29) is 0 Å². The van der Waals surface area contributed by atoms with E-state index in [0.717, 1.165) is 0 Å². The first-order valence-electron chi connectivity index (χ1n) is 6.67. The smallest absolute Gasteiger partial charge is 0.0442 e. The molecule has 0 amide bonds.